The maximum Gasteiger partial charge on any atom is 0.239 e. The highest BCUT2D eigenvalue weighted by molar-refractivity contribution is 5.82. The fourth-order valence-corrected chi connectivity index (χ4v) is 4.21. The van der Waals surface area contributed by atoms with Crippen molar-refractivity contribution in [2.24, 2.45) is 5.92 Å². The van der Waals surface area contributed by atoms with E-state index in [0.717, 1.165) is 32.5 Å². The Kier molecular flexibility index (Phi) is 5.53. The Hall–Kier alpha value is -0.610. The summed E-state index contributed by atoms with van der Waals surface area (Å²) < 4.78 is 0. The van der Waals surface area contributed by atoms with Crippen molar-refractivity contribution in [3.05, 3.63) is 0 Å². The first-order valence-electron chi connectivity index (χ1n) is 9.07. The van der Waals surface area contributed by atoms with Crippen molar-refractivity contribution in [3.63, 3.8) is 0 Å². The predicted octanol–water partition coefficient (Wildman–Crippen LogP) is 1.85. The molecule has 0 aromatic heterocycles. The summed E-state index contributed by atoms with van der Waals surface area (Å²) in [6, 6.07) is 0.113. The van der Waals surface area contributed by atoms with Gasteiger partial charge in [0.1, 0.15) is 0 Å². The first-order chi connectivity index (χ1) is 10.3. The summed E-state index contributed by atoms with van der Waals surface area (Å²) in [4.78, 5) is 17.3. The van der Waals surface area contributed by atoms with Gasteiger partial charge in [-0.2, -0.15) is 0 Å². The van der Waals surface area contributed by atoms with E-state index in [1.165, 1.54) is 58.2 Å². The van der Waals surface area contributed by atoms with Crippen molar-refractivity contribution in [1.82, 2.24) is 15.1 Å². The Labute approximate surface area is 129 Å². The molecule has 4 heteroatoms. The molecule has 0 aromatic rings. The van der Waals surface area contributed by atoms with Gasteiger partial charge in [0.15, 0.2) is 0 Å². The van der Waals surface area contributed by atoms with E-state index in [-0.39, 0.29) is 6.04 Å². The molecule has 3 aliphatic rings. The number of amides is 1. The third-order valence-corrected chi connectivity index (χ3v) is 5.40. The van der Waals surface area contributed by atoms with E-state index < -0.39 is 0 Å². The quantitative estimate of drug-likeness (QED) is 0.862. The number of rotatable bonds is 3. The molecule has 0 aromatic carbocycles. The lowest BCUT2D eigenvalue weighted by Gasteiger charge is -2.36. The summed E-state index contributed by atoms with van der Waals surface area (Å²) in [6.45, 7) is 6.74. The Bertz CT molecular complexity index is 333. The van der Waals surface area contributed by atoms with Gasteiger partial charge in [-0.05, 0) is 64.1 Å². The molecule has 1 unspecified atom stereocenters. The first-order valence-corrected chi connectivity index (χ1v) is 9.07. The fraction of sp³-hybridized carbons (Fsp3) is 0.941. The van der Waals surface area contributed by atoms with Gasteiger partial charge in [0, 0.05) is 19.6 Å². The molecule has 1 amide bonds. The molecule has 0 saturated carbocycles. The Morgan fingerprint density at radius 1 is 0.952 bits per heavy atom. The zero-order chi connectivity index (χ0) is 14.5. The van der Waals surface area contributed by atoms with Crippen LogP contribution in [0.1, 0.15) is 51.4 Å². The van der Waals surface area contributed by atoms with Crippen molar-refractivity contribution in [2.45, 2.75) is 57.4 Å². The van der Waals surface area contributed by atoms with Gasteiger partial charge >= 0.3 is 0 Å². The highest BCUT2D eigenvalue weighted by Gasteiger charge is 2.30. The molecule has 3 saturated heterocycles. The van der Waals surface area contributed by atoms with Crippen LogP contribution < -0.4 is 5.32 Å². The van der Waals surface area contributed by atoms with Crippen LogP contribution in [0.3, 0.4) is 0 Å². The molecule has 0 radical (unpaired) electrons. The topological polar surface area (TPSA) is 35.6 Å². The fourth-order valence-electron chi connectivity index (χ4n) is 4.21. The number of hydrogen-bond acceptors (Lipinski definition) is 3. The number of likely N-dealkylation sites (tertiary alicyclic amines) is 2. The Balaban J connectivity index is 1.49. The number of carbonyl (C=O) groups excluding carboxylic acids is 1. The van der Waals surface area contributed by atoms with Crippen LogP contribution in [-0.4, -0.2) is 61.0 Å². The monoisotopic (exact) mass is 293 g/mol. The van der Waals surface area contributed by atoms with Crippen LogP contribution in [-0.2, 0) is 4.79 Å². The molecular weight excluding hydrogens is 262 g/mol. The van der Waals surface area contributed by atoms with Gasteiger partial charge in [-0.15, -0.1) is 0 Å². The molecule has 4 nitrogen and oxygen atoms in total. The Morgan fingerprint density at radius 2 is 1.76 bits per heavy atom. The minimum Gasteiger partial charge on any atom is -0.341 e. The van der Waals surface area contributed by atoms with Crippen molar-refractivity contribution in [1.29, 1.82) is 0 Å². The van der Waals surface area contributed by atoms with Crippen LogP contribution >= 0.6 is 0 Å². The van der Waals surface area contributed by atoms with Gasteiger partial charge in [-0.25, -0.2) is 0 Å². The van der Waals surface area contributed by atoms with E-state index in [0.29, 0.717) is 11.8 Å². The highest BCUT2D eigenvalue weighted by atomic mass is 16.2. The largest absolute Gasteiger partial charge is 0.341 e. The van der Waals surface area contributed by atoms with E-state index in [9.17, 15) is 4.79 Å². The van der Waals surface area contributed by atoms with Crippen molar-refractivity contribution in [2.75, 3.05) is 39.3 Å². The summed E-state index contributed by atoms with van der Waals surface area (Å²) in [5.41, 5.74) is 0. The molecule has 3 rings (SSSR count). The second-order valence-corrected chi connectivity index (χ2v) is 7.16. The van der Waals surface area contributed by atoms with E-state index in [4.69, 9.17) is 0 Å². The molecule has 3 fully saturated rings. The van der Waals surface area contributed by atoms with Crippen LogP contribution in [0.4, 0.5) is 0 Å². The average molecular weight is 293 g/mol. The number of nitrogens with zero attached hydrogens (tertiary/aromatic N) is 2. The number of nitrogens with one attached hydrogen (secondary N) is 1. The van der Waals surface area contributed by atoms with Crippen LogP contribution in [0, 0.1) is 5.92 Å². The summed E-state index contributed by atoms with van der Waals surface area (Å²) in [5.74, 6) is 1.07. The zero-order valence-corrected chi connectivity index (χ0v) is 13.4. The van der Waals surface area contributed by atoms with Gasteiger partial charge in [0.2, 0.25) is 5.91 Å². The second-order valence-electron chi connectivity index (χ2n) is 7.16. The van der Waals surface area contributed by atoms with Crippen LogP contribution in [0.15, 0.2) is 0 Å². The van der Waals surface area contributed by atoms with Gasteiger partial charge in [-0.3, -0.25) is 4.79 Å². The Morgan fingerprint density at radius 3 is 2.48 bits per heavy atom. The summed E-state index contributed by atoms with van der Waals surface area (Å²) >= 11 is 0. The van der Waals surface area contributed by atoms with E-state index in [1.54, 1.807) is 0 Å². The van der Waals surface area contributed by atoms with Crippen LogP contribution in [0.2, 0.25) is 0 Å². The molecule has 3 heterocycles. The number of piperidine rings is 1. The van der Waals surface area contributed by atoms with E-state index in [1.807, 2.05) is 0 Å². The van der Waals surface area contributed by atoms with Crippen molar-refractivity contribution < 1.29 is 4.79 Å². The molecule has 21 heavy (non-hydrogen) atoms. The standard InChI is InChI=1S/C17H31N3O/c21-17(16-8-5-9-18-16)20-12-6-7-15(14-20)13-19-10-3-1-2-4-11-19/h15-16,18H,1-14H2/t15?,16-/m0/s1. The van der Waals surface area contributed by atoms with Crippen LogP contribution in [0.5, 0.6) is 0 Å². The lowest BCUT2D eigenvalue weighted by Crippen LogP contribution is -2.49. The maximum atomic E-state index is 12.5. The van der Waals surface area contributed by atoms with Gasteiger partial charge in [0.05, 0.1) is 6.04 Å². The third kappa shape index (κ3) is 4.19. The third-order valence-electron chi connectivity index (χ3n) is 5.40. The molecule has 120 valence electrons. The first kappa shape index (κ1) is 15.3. The lowest BCUT2D eigenvalue weighted by atomic mass is 9.96. The normalized spacial score (nSPS) is 32.1. The summed E-state index contributed by atoms with van der Waals surface area (Å²) in [7, 11) is 0. The van der Waals surface area contributed by atoms with Gasteiger partial charge < -0.3 is 15.1 Å². The smallest absolute Gasteiger partial charge is 0.239 e. The summed E-state index contributed by atoms with van der Waals surface area (Å²) in [6.07, 6.45) is 10.2. The molecule has 2 atom stereocenters. The molecule has 0 spiro atoms. The van der Waals surface area contributed by atoms with Gasteiger partial charge in [-0.1, -0.05) is 12.8 Å². The van der Waals surface area contributed by atoms with Crippen molar-refractivity contribution in [3.8, 4) is 0 Å². The van der Waals surface area contributed by atoms with E-state index >= 15 is 0 Å². The average Bonchev–Trinajstić information content (AvgIpc) is 2.93. The molecular formula is C17H31N3O. The molecule has 1 N–H and O–H groups in total. The molecule has 0 aliphatic carbocycles. The zero-order valence-electron chi connectivity index (χ0n) is 13.4. The lowest BCUT2D eigenvalue weighted by molar-refractivity contribution is -0.135. The predicted molar refractivity (Wildman–Crippen MR) is 85.2 cm³/mol. The van der Waals surface area contributed by atoms with E-state index in [2.05, 4.69) is 15.1 Å². The highest BCUT2D eigenvalue weighted by Crippen LogP contribution is 2.21. The van der Waals surface area contributed by atoms with Crippen molar-refractivity contribution >= 4 is 5.91 Å². The second kappa shape index (κ2) is 7.59. The number of carbonyl (C=O) groups is 1. The minimum atomic E-state index is 0.113. The summed E-state index contributed by atoms with van der Waals surface area (Å²) in [5, 5.41) is 3.36. The molecule has 3 aliphatic heterocycles. The van der Waals surface area contributed by atoms with Crippen LogP contribution in [0.25, 0.3) is 0 Å². The SMILES string of the molecule is O=C([C@@H]1CCCN1)N1CCCC(CN2CCCCCC2)C1. The number of hydrogen-bond donors (Lipinski definition) is 1. The minimum absolute atomic E-state index is 0.113. The van der Waals surface area contributed by atoms with Gasteiger partial charge in [0.25, 0.3) is 0 Å². The molecule has 0 bridgehead atoms. The maximum absolute atomic E-state index is 12.5.